The van der Waals surface area contributed by atoms with Crippen molar-refractivity contribution in [3.63, 3.8) is 0 Å². The lowest BCUT2D eigenvalue weighted by molar-refractivity contribution is 0.0279. The topological polar surface area (TPSA) is 26.3 Å². The van der Waals surface area contributed by atoms with Crippen LogP contribution in [0.2, 0.25) is 0 Å². The summed E-state index contributed by atoms with van der Waals surface area (Å²) in [5.74, 6) is 0.270. The summed E-state index contributed by atoms with van der Waals surface area (Å²) in [4.78, 5) is 12.4. The fourth-order valence-corrected chi connectivity index (χ4v) is 2.05. The highest BCUT2D eigenvalue weighted by molar-refractivity contribution is 5.99. The minimum absolute atomic E-state index is 0.0808. The van der Waals surface area contributed by atoms with Crippen LogP contribution in [0.4, 0.5) is 0 Å². The van der Waals surface area contributed by atoms with Crippen LogP contribution in [0.25, 0.3) is 0 Å². The van der Waals surface area contributed by atoms with E-state index in [0.717, 1.165) is 5.56 Å². The Hall–Kier alpha value is -1.15. The lowest BCUT2D eigenvalue weighted by Gasteiger charge is -2.21. The molecule has 2 heteroatoms. The summed E-state index contributed by atoms with van der Waals surface area (Å²) in [5, 5.41) is 0. The van der Waals surface area contributed by atoms with Gasteiger partial charge in [0.05, 0.1) is 0 Å². The van der Waals surface area contributed by atoms with E-state index in [1.54, 1.807) is 0 Å². The molecule has 0 aliphatic rings. The summed E-state index contributed by atoms with van der Waals surface area (Å²) in [6, 6.07) is 7.90. The highest BCUT2D eigenvalue weighted by Gasteiger charge is 2.24. The molecule has 0 heterocycles. The Morgan fingerprint density at radius 2 is 1.68 bits per heavy atom. The van der Waals surface area contributed by atoms with Gasteiger partial charge in [-0.05, 0) is 23.8 Å². The normalized spacial score (nSPS) is 13.6. The van der Waals surface area contributed by atoms with Crippen LogP contribution in [0.3, 0.4) is 0 Å². The van der Waals surface area contributed by atoms with Crippen LogP contribution in [0.15, 0.2) is 24.3 Å². The van der Waals surface area contributed by atoms with Gasteiger partial charge in [-0.2, -0.15) is 0 Å². The molecule has 1 unspecified atom stereocenters. The zero-order valence-corrected chi connectivity index (χ0v) is 13.0. The number of carbonyl (C=O) groups excluding carboxylic acids is 1. The fourth-order valence-electron chi connectivity index (χ4n) is 2.05. The quantitative estimate of drug-likeness (QED) is 0.742. The maximum absolute atomic E-state index is 12.4. The first kappa shape index (κ1) is 15.9. The van der Waals surface area contributed by atoms with Crippen molar-refractivity contribution in [2.45, 2.75) is 53.1 Å². The van der Waals surface area contributed by atoms with Gasteiger partial charge in [-0.3, -0.25) is 4.79 Å². The molecule has 0 spiro atoms. The van der Waals surface area contributed by atoms with Crippen molar-refractivity contribution in [2.24, 2.45) is 5.92 Å². The number of hydrogen-bond donors (Lipinski definition) is 0. The molecule has 0 aromatic heterocycles. The van der Waals surface area contributed by atoms with Crippen molar-refractivity contribution in [2.75, 3.05) is 6.61 Å². The Morgan fingerprint density at radius 3 is 2.05 bits per heavy atom. The Bertz CT molecular complexity index is 410. The van der Waals surface area contributed by atoms with Gasteiger partial charge in [0.25, 0.3) is 0 Å². The number of Topliss-reactive ketones (excluding diaryl/α,β-unsaturated/α-hetero) is 1. The zero-order valence-electron chi connectivity index (χ0n) is 13.0. The maximum Gasteiger partial charge on any atom is 0.191 e. The lowest BCUT2D eigenvalue weighted by atomic mass is 9.86. The number of ketones is 1. The van der Waals surface area contributed by atoms with Crippen molar-refractivity contribution in [3.05, 3.63) is 35.4 Å². The van der Waals surface area contributed by atoms with E-state index in [9.17, 15) is 4.79 Å². The summed E-state index contributed by atoms with van der Waals surface area (Å²) in [6.07, 6.45) is -0.342. The van der Waals surface area contributed by atoms with E-state index in [4.69, 9.17) is 4.74 Å². The molecule has 2 nitrogen and oxygen atoms in total. The smallest absolute Gasteiger partial charge is 0.191 e. The standard InChI is InChI=1S/C17H26O2/c1-7-19-16(12(2)3)15(18)13-8-10-14(11-9-13)17(4,5)6/h8-12,16H,7H2,1-6H3. The van der Waals surface area contributed by atoms with Gasteiger partial charge < -0.3 is 4.74 Å². The average Bonchev–Trinajstić information content (AvgIpc) is 2.34. The van der Waals surface area contributed by atoms with Crippen LogP contribution >= 0.6 is 0 Å². The molecule has 0 bridgehead atoms. The van der Waals surface area contributed by atoms with Crippen LogP contribution in [0.1, 0.15) is 57.5 Å². The minimum atomic E-state index is -0.342. The Labute approximate surface area is 117 Å². The third-order valence-electron chi connectivity index (χ3n) is 3.25. The Morgan fingerprint density at radius 1 is 1.16 bits per heavy atom. The molecule has 0 saturated carbocycles. The number of carbonyl (C=O) groups is 1. The first-order valence-corrected chi connectivity index (χ1v) is 7.03. The van der Waals surface area contributed by atoms with Gasteiger partial charge in [0.15, 0.2) is 5.78 Å². The maximum atomic E-state index is 12.4. The largest absolute Gasteiger partial charge is 0.370 e. The number of rotatable bonds is 5. The Balaban J connectivity index is 2.94. The number of ether oxygens (including phenoxy) is 1. The molecule has 0 N–H and O–H groups in total. The average molecular weight is 262 g/mol. The Kier molecular flexibility index (Phi) is 5.30. The van der Waals surface area contributed by atoms with Crippen LogP contribution in [-0.2, 0) is 10.2 Å². The molecule has 19 heavy (non-hydrogen) atoms. The van der Waals surface area contributed by atoms with Crippen LogP contribution in [-0.4, -0.2) is 18.5 Å². The van der Waals surface area contributed by atoms with Gasteiger partial charge in [0, 0.05) is 12.2 Å². The molecule has 0 radical (unpaired) electrons. The third kappa shape index (κ3) is 4.17. The molecule has 0 fully saturated rings. The molecule has 0 aliphatic carbocycles. The summed E-state index contributed by atoms with van der Waals surface area (Å²) in [5.41, 5.74) is 2.08. The predicted molar refractivity (Wildman–Crippen MR) is 79.7 cm³/mol. The second kappa shape index (κ2) is 6.33. The third-order valence-corrected chi connectivity index (χ3v) is 3.25. The van der Waals surface area contributed by atoms with Gasteiger partial charge in [-0.15, -0.1) is 0 Å². The van der Waals surface area contributed by atoms with Gasteiger partial charge in [-0.1, -0.05) is 58.9 Å². The second-order valence-electron chi connectivity index (χ2n) is 6.31. The molecule has 106 valence electrons. The van der Waals surface area contributed by atoms with Crippen molar-refractivity contribution in [1.82, 2.24) is 0 Å². The van der Waals surface area contributed by atoms with Crippen LogP contribution in [0, 0.1) is 5.92 Å². The van der Waals surface area contributed by atoms with Crippen LogP contribution < -0.4 is 0 Å². The summed E-state index contributed by atoms with van der Waals surface area (Å²) < 4.78 is 5.57. The van der Waals surface area contributed by atoms with E-state index < -0.39 is 0 Å². The predicted octanol–water partition coefficient (Wildman–Crippen LogP) is 4.23. The van der Waals surface area contributed by atoms with Crippen molar-refractivity contribution < 1.29 is 9.53 Å². The van der Waals surface area contributed by atoms with E-state index >= 15 is 0 Å². The SMILES string of the molecule is CCOC(C(=O)c1ccc(C(C)(C)C)cc1)C(C)C. The molecule has 0 amide bonds. The zero-order chi connectivity index (χ0) is 14.6. The van der Waals surface area contributed by atoms with E-state index in [-0.39, 0.29) is 23.2 Å². The summed E-state index contributed by atoms with van der Waals surface area (Å²) in [6.45, 7) is 13.0. The van der Waals surface area contributed by atoms with E-state index in [1.165, 1.54) is 5.56 Å². The highest BCUT2D eigenvalue weighted by Crippen LogP contribution is 2.23. The first-order valence-electron chi connectivity index (χ1n) is 7.03. The van der Waals surface area contributed by atoms with Gasteiger partial charge in [0.1, 0.15) is 6.10 Å². The van der Waals surface area contributed by atoms with E-state index in [1.807, 2.05) is 45.0 Å². The van der Waals surface area contributed by atoms with Crippen molar-refractivity contribution >= 4 is 5.78 Å². The van der Waals surface area contributed by atoms with E-state index in [0.29, 0.717) is 6.61 Å². The fraction of sp³-hybridized carbons (Fsp3) is 0.588. The molecule has 1 aromatic rings. The monoisotopic (exact) mass is 262 g/mol. The van der Waals surface area contributed by atoms with E-state index in [2.05, 4.69) is 20.8 Å². The minimum Gasteiger partial charge on any atom is -0.370 e. The molecule has 1 aromatic carbocycles. The molecular formula is C17H26O2. The second-order valence-corrected chi connectivity index (χ2v) is 6.31. The van der Waals surface area contributed by atoms with Crippen molar-refractivity contribution in [3.8, 4) is 0 Å². The molecule has 0 saturated heterocycles. The number of benzene rings is 1. The van der Waals surface area contributed by atoms with Crippen molar-refractivity contribution in [1.29, 1.82) is 0 Å². The first-order chi connectivity index (χ1) is 8.77. The summed E-state index contributed by atoms with van der Waals surface area (Å²) in [7, 11) is 0. The molecular weight excluding hydrogens is 236 g/mol. The van der Waals surface area contributed by atoms with Gasteiger partial charge >= 0.3 is 0 Å². The number of hydrogen-bond acceptors (Lipinski definition) is 2. The van der Waals surface area contributed by atoms with Gasteiger partial charge in [0.2, 0.25) is 0 Å². The molecule has 1 rings (SSSR count). The molecule has 1 atom stereocenters. The lowest BCUT2D eigenvalue weighted by Crippen LogP contribution is -2.30. The summed E-state index contributed by atoms with van der Waals surface area (Å²) >= 11 is 0. The highest BCUT2D eigenvalue weighted by atomic mass is 16.5. The molecule has 0 aliphatic heterocycles. The van der Waals surface area contributed by atoms with Crippen LogP contribution in [0.5, 0.6) is 0 Å². The van der Waals surface area contributed by atoms with Gasteiger partial charge in [-0.25, -0.2) is 0 Å².